The maximum atomic E-state index is 10.7. The van der Waals surface area contributed by atoms with Crippen LogP contribution in [0.4, 0.5) is 5.69 Å². The summed E-state index contributed by atoms with van der Waals surface area (Å²) in [6.07, 6.45) is 6.61. The normalized spacial score (nSPS) is 37.2. The Morgan fingerprint density at radius 1 is 1.14 bits per heavy atom. The lowest BCUT2D eigenvalue weighted by molar-refractivity contribution is -0.384. The van der Waals surface area contributed by atoms with Gasteiger partial charge >= 0.3 is 0 Å². The predicted molar refractivity (Wildman–Crippen MR) is 75.5 cm³/mol. The first-order chi connectivity index (χ1) is 10.2. The van der Waals surface area contributed by atoms with Crippen molar-refractivity contribution in [3.05, 3.63) is 52.1 Å². The van der Waals surface area contributed by atoms with Gasteiger partial charge in [-0.1, -0.05) is 12.2 Å². The highest BCUT2D eigenvalue weighted by Crippen LogP contribution is 2.54. The molecule has 1 aromatic rings. The van der Waals surface area contributed by atoms with Crippen molar-refractivity contribution in [1.82, 2.24) is 0 Å². The molecule has 1 spiro atoms. The van der Waals surface area contributed by atoms with E-state index in [-0.39, 0.29) is 11.1 Å². The number of rotatable bonds is 2. The molecule has 5 nitrogen and oxygen atoms in total. The van der Waals surface area contributed by atoms with Crippen molar-refractivity contribution in [2.75, 3.05) is 13.2 Å². The molecular formula is C16H17NO4. The van der Waals surface area contributed by atoms with E-state index in [0.717, 1.165) is 12.0 Å². The smallest absolute Gasteiger partial charge is 0.269 e. The van der Waals surface area contributed by atoms with Crippen LogP contribution >= 0.6 is 0 Å². The Hall–Kier alpha value is -1.72. The van der Waals surface area contributed by atoms with Gasteiger partial charge in [0.15, 0.2) is 6.29 Å². The van der Waals surface area contributed by atoms with E-state index >= 15 is 0 Å². The van der Waals surface area contributed by atoms with Crippen molar-refractivity contribution in [2.24, 2.45) is 17.3 Å². The zero-order valence-corrected chi connectivity index (χ0v) is 11.6. The maximum Gasteiger partial charge on any atom is 0.269 e. The molecule has 0 radical (unpaired) electrons. The highest BCUT2D eigenvalue weighted by atomic mass is 16.7. The van der Waals surface area contributed by atoms with Crippen molar-refractivity contribution in [2.45, 2.75) is 19.1 Å². The van der Waals surface area contributed by atoms with Crippen LogP contribution in [0.1, 0.15) is 24.7 Å². The lowest BCUT2D eigenvalue weighted by Gasteiger charge is -2.41. The predicted octanol–water partition coefficient (Wildman–Crippen LogP) is 3.22. The Labute approximate surface area is 122 Å². The lowest BCUT2D eigenvalue weighted by atomic mass is 9.76. The van der Waals surface area contributed by atoms with Crippen molar-refractivity contribution in [1.29, 1.82) is 0 Å². The zero-order valence-electron chi connectivity index (χ0n) is 11.6. The van der Waals surface area contributed by atoms with Crippen LogP contribution in [0.5, 0.6) is 0 Å². The van der Waals surface area contributed by atoms with Gasteiger partial charge in [-0.15, -0.1) is 0 Å². The summed E-state index contributed by atoms with van der Waals surface area (Å²) in [7, 11) is 0. The maximum absolute atomic E-state index is 10.7. The molecule has 0 N–H and O–H groups in total. The van der Waals surface area contributed by atoms with Crippen LogP contribution in [-0.4, -0.2) is 18.1 Å². The summed E-state index contributed by atoms with van der Waals surface area (Å²) in [5.41, 5.74) is 1.08. The number of ether oxygens (including phenoxy) is 2. The fourth-order valence-corrected chi connectivity index (χ4v) is 3.90. The van der Waals surface area contributed by atoms with Crippen molar-refractivity contribution in [3.63, 3.8) is 0 Å². The molecule has 1 saturated heterocycles. The minimum Gasteiger partial charge on any atom is -0.348 e. The summed E-state index contributed by atoms with van der Waals surface area (Å²) < 4.78 is 11.9. The molecule has 3 aliphatic rings. The van der Waals surface area contributed by atoms with Crippen LogP contribution < -0.4 is 0 Å². The molecule has 0 aromatic heterocycles. The topological polar surface area (TPSA) is 61.6 Å². The molecule has 0 unspecified atom stereocenters. The minimum absolute atomic E-state index is 0.0873. The van der Waals surface area contributed by atoms with Crippen LogP contribution in [0, 0.1) is 27.4 Å². The Kier molecular flexibility index (Phi) is 2.87. The van der Waals surface area contributed by atoms with Crippen LogP contribution in [0.3, 0.4) is 0 Å². The molecule has 2 fully saturated rings. The third kappa shape index (κ3) is 2.08. The van der Waals surface area contributed by atoms with E-state index in [2.05, 4.69) is 12.2 Å². The quantitative estimate of drug-likeness (QED) is 0.476. The molecule has 5 heteroatoms. The number of hydrogen-bond acceptors (Lipinski definition) is 4. The fraction of sp³-hybridized carbons (Fsp3) is 0.500. The SMILES string of the molecule is O=[N+]([O-])c1ccc(C2OCC3(CO2)C[C@@H]2C=C[C@H]3C2)cc1. The summed E-state index contributed by atoms with van der Waals surface area (Å²) in [4.78, 5) is 10.3. The Bertz CT molecular complexity index is 587. The van der Waals surface area contributed by atoms with Crippen LogP contribution in [-0.2, 0) is 9.47 Å². The number of nitro benzene ring substituents is 1. The number of hydrogen-bond donors (Lipinski definition) is 0. The number of nitrogens with zero attached hydrogens (tertiary/aromatic N) is 1. The molecule has 2 bridgehead atoms. The summed E-state index contributed by atoms with van der Waals surface area (Å²) in [6.45, 7) is 1.42. The first-order valence-corrected chi connectivity index (χ1v) is 7.32. The van der Waals surface area contributed by atoms with E-state index in [4.69, 9.17) is 9.47 Å². The van der Waals surface area contributed by atoms with Crippen molar-refractivity contribution >= 4 is 5.69 Å². The van der Waals surface area contributed by atoms with Crippen LogP contribution in [0.2, 0.25) is 0 Å². The van der Waals surface area contributed by atoms with E-state index in [1.165, 1.54) is 18.6 Å². The van der Waals surface area contributed by atoms with Crippen molar-refractivity contribution < 1.29 is 14.4 Å². The third-order valence-corrected chi connectivity index (χ3v) is 5.05. The van der Waals surface area contributed by atoms with E-state index < -0.39 is 11.2 Å². The zero-order chi connectivity index (χ0) is 14.4. The van der Waals surface area contributed by atoms with Gasteiger partial charge in [-0.3, -0.25) is 10.1 Å². The highest BCUT2D eigenvalue weighted by molar-refractivity contribution is 5.33. The molecule has 2 atom stereocenters. The Morgan fingerprint density at radius 3 is 2.38 bits per heavy atom. The number of benzene rings is 1. The molecule has 2 aliphatic carbocycles. The van der Waals surface area contributed by atoms with E-state index in [1.807, 2.05) is 0 Å². The molecule has 4 rings (SSSR count). The average Bonchev–Trinajstić information content (AvgIpc) is 3.09. The number of allylic oxidation sites excluding steroid dienone is 2. The minimum atomic E-state index is -0.403. The summed E-state index contributed by atoms with van der Waals surface area (Å²) in [5, 5.41) is 10.7. The number of fused-ring (bicyclic) bond motifs is 3. The summed E-state index contributed by atoms with van der Waals surface area (Å²) in [6, 6.07) is 6.41. The Balaban J connectivity index is 1.45. The van der Waals surface area contributed by atoms with Gasteiger partial charge < -0.3 is 9.47 Å². The average molecular weight is 287 g/mol. The Morgan fingerprint density at radius 2 is 1.86 bits per heavy atom. The second kappa shape index (κ2) is 4.64. The summed E-state index contributed by atoms with van der Waals surface area (Å²) in [5.74, 6) is 1.28. The standard InChI is InChI=1S/C16H17NO4/c18-17(19)14-5-2-12(3-6-14)15-20-9-16(10-21-15)8-11-1-4-13(16)7-11/h1-6,11,13,15H,7-10H2/t11-,13+,15?,16?/m1/s1. The van der Waals surface area contributed by atoms with Crippen molar-refractivity contribution in [3.8, 4) is 0 Å². The molecule has 0 amide bonds. The van der Waals surface area contributed by atoms with E-state index in [1.54, 1.807) is 12.1 Å². The van der Waals surface area contributed by atoms with Crippen LogP contribution in [0.25, 0.3) is 0 Å². The third-order valence-electron chi connectivity index (χ3n) is 5.05. The van der Waals surface area contributed by atoms with Gasteiger partial charge in [0.25, 0.3) is 5.69 Å². The molecule has 110 valence electrons. The molecule has 1 aromatic carbocycles. The molecule has 1 heterocycles. The highest BCUT2D eigenvalue weighted by Gasteiger charge is 2.51. The monoisotopic (exact) mass is 287 g/mol. The first-order valence-electron chi connectivity index (χ1n) is 7.32. The van der Waals surface area contributed by atoms with E-state index in [9.17, 15) is 10.1 Å². The number of non-ortho nitro benzene ring substituents is 1. The van der Waals surface area contributed by atoms with Gasteiger partial charge in [-0.05, 0) is 36.8 Å². The van der Waals surface area contributed by atoms with Crippen LogP contribution in [0.15, 0.2) is 36.4 Å². The molecule has 1 aliphatic heterocycles. The van der Waals surface area contributed by atoms with Gasteiger partial charge in [0.05, 0.1) is 18.1 Å². The van der Waals surface area contributed by atoms with Gasteiger partial charge in [0.2, 0.25) is 0 Å². The summed E-state index contributed by atoms with van der Waals surface area (Å²) >= 11 is 0. The molecule has 21 heavy (non-hydrogen) atoms. The van der Waals surface area contributed by atoms with E-state index in [0.29, 0.717) is 25.0 Å². The van der Waals surface area contributed by atoms with Gasteiger partial charge in [0.1, 0.15) is 0 Å². The molecular weight excluding hydrogens is 270 g/mol. The first kappa shape index (κ1) is 13.0. The second-order valence-electron chi connectivity index (χ2n) is 6.36. The lowest BCUT2D eigenvalue weighted by Crippen LogP contribution is -2.41. The fourth-order valence-electron chi connectivity index (χ4n) is 3.90. The molecule has 1 saturated carbocycles. The largest absolute Gasteiger partial charge is 0.348 e. The second-order valence-corrected chi connectivity index (χ2v) is 6.36. The van der Waals surface area contributed by atoms with Gasteiger partial charge in [-0.25, -0.2) is 0 Å². The van der Waals surface area contributed by atoms with Gasteiger partial charge in [0, 0.05) is 23.1 Å². The van der Waals surface area contributed by atoms with Gasteiger partial charge in [-0.2, -0.15) is 0 Å². The number of nitro groups is 1.